The number of hydrogen-bond donors (Lipinski definition) is 3. The second-order valence-corrected chi connectivity index (χ2v) is 3.45. The predicted molar refractivity (Wildman–Crippen MR) is 48.2 cm³/mol. The van der Waals surface area contributed by atoms with Gasteiger partial charge in [0.05, 0.1) is 6.10 Å². The number of methoxy groups -OCH3 is 2. The second-order valence-electron chi connectivity index (χ2n) is 3.45. The van der Waals surface area contributed by atoms with Gasteiger partial charge in [-0.05, 0) is 6.42 Å². The average molecular weight is 190 g/mol. The summed E-state index contributed by atoms with van der Waals surface area (Å²) >= 11 is 0. The van der Waals surface area contributed by atoms with E-state index in [2.05, 4.69) is 0 Å². The molecule has 0 aromatic carbocycles. The van der Waals surface area contributed by atoms with Crippen molar-refractivity contribution in [1.82, 2.24) is 0 Å². The zero-order valence-electron chi connectivity index (χ0n) is 8.01. The van der Waals surface area contributed by atoms with E-state index in [1.165, 1.54) is 7.11 Å². The van der Waals surface area contributed by atoms with Crippen LogP contribution in [0.5, 0.6) is 0 Å². The summed E-state index contributed by atoms with van der Waals surface area (Å²) in [5.41, 5.74) is 11.5. The van der Waals surface area contributed by atoms with Gasteiger partial charge in [0, 0.05) is 26.3 Å². The lowest BCUT2D eigenvalue weighted by Crippen LogP contribution is -2.62. The van der Waals surface area contributed by atoms with Crippen LogP contribution in [0.25, 0.3) is 0 Å². The Morgan fingerprint density at radius 2 is 1.62 bits per heavy atom. The van der Waals surface area contributed by atoms with Crippen LogP contribution >= 0.6 is 0 Å². The molecular formula is C8H18N2O3. The molecule has 0 saturated heterocycles. The van der Waals surface area contributed by atoms with Gasteiger partial charge in [-0.15, -0.1) is 0 Å². The Kier molecular flexibility index (Phi) is 3.63. The van der Waals surface area contributed by atoms with E-state index in [0.717, 1.165) is 0 Å². The summed E-state index contributed by atoms with van der Waals surface area (Å²) in [4.78, 5) is 0. The topological polar surface area (TPSA) is 90.7 Å². The van der Waals surface area contributed by atoms with Crippen LogP contribution in [0.3, 0.4) is 0 Å². The highest BCUT2D eigenvalue weighted by Gasteiger charge is 2.41. The fraction of sp³-hybridized carbons (Fsp3) is 1.00. The molecule has 5 unspecified atom stereocenters. The van der Waals surface area contributed by atoms with Crippen molar-refractivity contribution >= 4 is 0 Å². The number of ether oxygens (including phenoxy) is 2. The van der Waals surface area contributed by atoms with Crippen LogP contribution in [0.15, 0.2) is 0 Å². The quantitative estimate of drug-likeness (QED) is 0.489. The molecule has 1 aliphatic carbocycles. The van der Waals surface area contributed by atoms with Gasteiger partial charge in [0.2, 0.25) is 0 Å². The van der Waals surface area contributed by atoms with E-state index in [0.29, 0.717) is 6.42 Å². The first-order valence-electron chi connectivity index (χ1n) is 4.36. The maximum atomic E-state index is 9.67. The van der Waals surface area contributed by atoms with Crippen molar-refractivity contribution in [2.24, 2.45) is 11.5 Å². The van der Waals surface area contributed by atoms with Crippen molar-refractivity contribution in [2.75, 3.05) is 14.2 Å². The minimum Gasteiger partial charge on any atom is -0.389 e. The van der Waals surface area contributed by atoms with Crippen LogP contribution in [0.2, 0.25) is 0 Å². The van der Waals surface area contributed by atoms with Crippen molar-refractivity contribution < 1.29 is 14.6 Å². The van der Waals surface area contributed by atoms with Crippen LogP contribution < -0.4 is 11.5 Å². The Hall–Kier alpha value is -0.200. The number of hydrogen-bond acceptors (Lipinski definition) is 5. The molecule has 1 rings (SSSR count). The Labute approximate surface area is 78.0 Å². The third-order valence-corrected chi connectivity index (χ3v) is 2.61. The fourth-order valence-electron chi connectivity index (χ4n) is 1.85. The van der Waals surface area contributed by atoms with Gasteiger partial charge < -0.3 is 26.0 Å². The molecule has 0 spiro atoms. The predicted octanol–water partition coefficient (Wildman–Crippen LogP) is -1.56. The fourth-order valence-corrected chi connectivity index (χ4v) is 1.85. The van der Waals surface area contributed by atoms with Gasteiger partial charge in [-0.3, -0.25) is 0 Å². The van der Waals surface area contributed by atoms with Gasteiger partial charge in [0.25, 0.3) is 0 Å². The zero-order valence-corrected chi connectivity index (χ0v) is 8.01. The van der Waals surface area contributed by atoms with Gasteiger partial charge in [-0.25, -0.2) is 0 Å². The van der Waals surface area contributed by atoms with E-state index in [9.17, 15) is 5.11 Å². The Balaban J connectivity index is 2.71. The number of aliphatic hydroxyl groups excluding tert-OH is 1. The molecule has 0 bridgehead atoms. The summed E-state index contributed by atoms with van der Waals surface area (Å²) in [6.07, 6.45) is -0.849. The van der Waals surface area contributed by atoms with Crippen molar-refractivity contribution in [3.63, 3.8) is 0 Å². The minimum absolute atomic E-state index is 0.173. The molecule has 0 aliphatic heterocycles. The highest BCUT2D eigenvalue weighted by Crippen LogP contribution is 2.22. The first-order valence-corrected chi connectivity index (χ1v) is 4.36. The van der Waals surface area contributed by atoms with Crippen molar-refractivity contribution in [2.45, 2.75) is 36.8 Å². The summed E-state index contributed by atoms with van der Waals surface area (Å²) in [6.45, 7) is 0. The summed E-state index contributed by atoms with van der Waals surface area (Å²) in [6, 6.07) is -0.500. The Morgan fingerprint density at radius 1 is 1.08 bits per heavy atom. The number of rotatable bonds is 2. The van der Waals surface area contributed by atoms with Crippen LogP contribution in [-0.4, -0.2) is 49.7 Å². The van der Waals surface area contributed by atoms with Crippen LogP contribution in [0.4, 0.5) is 0 Å². The van der Waals surface area contributed by atoms with Crippen LogP contribution in [0, 0.1) is 0 Å². The van der Waals surface area contributed by atoms with Crippen LogP contribution in [0.1, 0.15) is 6.42 Å². The molecule has 0 heterocycles. The minimum atomic E-state index is -0.699. The lowest BCUT2D eigenvalue weighted by atomic mass is 9.84. The molecular weight excluding hydrogens is 172 g/mol. The maximum Gasteiger partial charge on any atom is 0.112 e. The summed E-state index contributed by atoms with van der Waals surface area (Å²) in [5, 5.41) is 9.67. The third-order valence-electron chi connectivity index (χ3n) is 2.61. The van der Waals surface area contributed by atoms with Crippen LogP contribution in [-0.2, 0) is 9.47 Å². The van der Waals surface area contributed by atoms with Gasteiger partial charge in [0.15, 0.2) is 0 Å². The summed E-state index contributed by atoms with van der Waals surface area (Å²) in [5.74, 6) is 0. The van der Waals surface area contributed by atoms with E-state index in [1.54, 1.807) is 7.11 Å². The average Bonchev–Trinajstić information content (AvgIpc) is 2.10. The number of nitrogens with two attached hydrogens (primary N) is 2. The molecule has 1 saturated carbocycles. The molecule has 5 nitrogen and oxygen atoms in total. The van der Waals surface area contributed by atoms with E-state index >= 15 is 0 Å². The van der Waals surface area contributed by atoms with Crippen molar-refractivity contribution in [3.8, 4) is 0 Å². The SMILES string of the molecule is COC1C(N)CC(N)C(O)C1OC. The van der Waals surface area contributed by atoms with Crippen molar-refractivity contribution in [1.29, 1.82) is 0 Å². The van der Waals surface area contributed by atoms with Crippen molar-refractivity contribution in [3.05, 3.63) is 0 Å². The van der Waals surface area contributed by atoms with E-state index in [1.807, 2.05) is 0 Å². The molecule has 13 heavy (non-hydrogen) atoms. The molecule has 1 aliphatic rings. The van der Waals surface area contributed by atoms with E-state index in [4.69, 9.17) is 20.9 Å². The standard InChI is InChI=1S/C8H18N2O3/c1-12-7-5(10)3-4(9)6(11)8(7)13-2/h4-8,11H,3,9-10H2,1-2H3. The number of aliphatic hydroxyl groups is 1. The molecule has 1 fully saturated rings. The lowest BCUT2D eigenvalue weighted by molar-refractivity contribution is -0.130. The second kappa shape index (κ2) is 4.34. The molecule has 5 heteroatoms. The highest BCUT2D eigenvalue weighted by molar-refractivity contribution is 4.98. The van der Waals surface area contributed by atoms with Gasteiger partial charge >= 0.3 is 0 Å². The first kappa shape index (κ1) is 10.9. The molecule has 0 aromatic heterocycles. The summed E-state index contributed by atoms with van der Waals surface area (Å²) < 4.78 is 10.3. The molecule has 0 amide bonds. The van der Waals surface area contributed by atoms with E-state index < -0.39 is 12.2 Å². The molecule has 5 atom stereocenters. The molecule has 0 aromatic rings. The molecule has 78 valence electrons. The lowest BCUT2D eigenvalue weighted by Gasteiger charge is -2.40. The monoisotopic (exact) mass is 190 g/mol. The largest absolute Gasteiger partial charge is 0.389 e. The van der Waals surface area contributed by atoms with Gasteiger partial charge in [-0.1, -0.05) is 0 Å². The molecule has 0 radical (unpaired) electrons. The van der Waals surface area contributed by atoms with E-state index in [-0.39, 0.29) is 18.2 Å². The van der Waals surface area contributed by atoms with Gasteiger partial charge in [0.1, 0.15) is 12.2 Å². The normalized spacial score (nSPS) is 46.4. The summed E-state index contributed by atoms with van der Waals surface area (Å²) in [7, 11) is 3.07. The third kappa shape index (κ3) is 2.00. The molecule has 5 N–H and O–H groups in total. The first-order chi connectivity index (χ1) is 6.11. The maximum absolute atomic E-state index is 9.67. The Morgan fingerprint density at radius 3 is 2.08 bits per heavy atom. The van der Waals surface area contributed by atoms with Gasteiger partial charge in [-0.2, -0.15) is 0 Å². The smallest absolute Gasteiger partial charge is 0.112 e. The zero-order chi connectivity index (χ0) is 10.0. The Bertz CT molecular complexity index is 167. The highest BCUT2D eigenvalue weighted by atomic mass is 16.5.